The first-order valence-electron chi connectivity index (χ1n) is 5.43. The van der Waals surface area contributed by atoms with Crippen LogP contribution in [0.1, 0.15) is 15.9 Å². The third kappa shape index (κ3) is 5.26. The molecule has 0 aliphatic heterocycles. The van der Waals surface area contributed by atoms with Gasteiger partial charge in [-0.1, -0.05) is 18.2 Å². The molecule has 6 nitrogen and oxygen atoms in total. The maximum Gasteiger partial charge on any atom is 0.249 e. The van der Waals surface area contributed by atoms with Crippen LogP contribution in [0, 0.1) is 0 Å². The normalized spacial score (nSPS) is 11.4. The van der Waals surface area contributed by atoms with Crippen LogP contribution < -0.4 is 15.8 Å². The van der Waals surface area contributed by atoms with Crippen molar-refractivity contribution in [3.05, 3.63) is 35.4 Å². The number of carbonyl (C=O) groups is 1. The molecule has 0 aliphatic rings. The van der Waals surface area contributed by atoms with Crippen molar-refractivity contribution in [2.45, 2.75) is 6.54 Å². The second kappa shape index (κ2) is 6.48. The van der Waals surface area contributed by atoms with Gasteiger partial charge in [0.2, 0.25) is 15.9 Å². The molecule has 100 valence electrons. The Morgan fingerprint density at radius 2 is 1.94 bits per heavy atom. The molecular formula is C11H17N3O3S. The molecule has 0 bridgehead atoms. The summed E-state index contributed by atoms with van der Waals surface area (Å²) < 4.78 is 24.0. The molecule has 7 heteroatoms. The van der Waals surface area contributed by atoms with E-state index >= 15 is 0 Å². The summed E-state index contributed by atoms with van der Waals surface area (Å²) in [4.78, 5) is 11.1. The number of hydrogen-bond donors (Lipinski definition) is 3. The molecule has 4 N–H and O–H groups in total. The van der Waals surface area contributed by atoms with Gasteiger partial charge in [-0.05, 0) is 11.6 Å². The Kier molecular flexibility index (Phi) is 5.26. The van der Waals surface area contributed by atoms with E-state index in [0.29, 0.717) is 25.2 Å². The van der Waals surface area contributed by atoms with Gasteiger partial charge in [0, 0.05) is 25.2 Å². The van der Waals surface area contributed by atoms with E-state index in [-0.39, 0.29) is 0 Å². The van der Waals surface area contributed by atoms with Crippen molar-refractivity contribution in [3.8, 4) is 0 Å². The highest BCUT2D eigenvalue weighted by molar-refractivity contribution is 7.88. The molecule has 0 saturated heterocycles. The summed E-state index contributed by atoms with van der Waals surface area (Å²) in [6.45, 7) is 1.24. The molecule has 18 heavy (non-hydrogen) atoms. The molecule has 1 aromatic carbocycles. The zero-order chi connectivity index (χ0) is 13.6. The summed E-state index contributed by atoms with van der Waals surface area (Å²) in [6, 6.07) is 7.03. The molecule has 0 atom stereocenters. The highest BCUT2D eigenvalue weighted by atomic mass is 32.2. The maximum atomic E-state index is 11.1. The molecule has 0 unspecified atom stereocenters. The van der Waals surface area contributed by atoms with E-state index < -0.39 is 15.9 Å². The molecule has 1 rings (SSSR count). The summed E-state index contributed by atoms with van der Waals surface area (Å²) in [7, 11) is -3.15. The van der Waals surface area contributed by atoms with E-state index in [4.69, 9.17) is 5.73 Å². The minimum Gasteiger partial charge on any atom is -0.366 e. The van der Waals surface area contributed by atoms with E-state index in [2.05, 4.69) is 10.0 Å². The van der Waals surface area contributed by atoms with Crippen LogP contribution in [0.4, 0.5) is 0 Å². The molecule has 0 aromatic heterocycles. The number of amides is 1. The topological polar surface area (TPSA) is 101 Å². The fraction of sp³-hybridized carbons (Fsp3) is 0.364. The van der Waals surface area contributed by atoms with Gasteiger partial charge in [-0.25, -0.2) is 13.1 Å². The zero-order valence-electron chi connectivity index (χ0n) is 10.1. The predicted octanol–water partition coefficient (Wildman–Crippen LogP) is -0.576. The highest BCUT2D eigenvalue weighted by Gasteiger charge is 2.06. The summed E-state index contributed by atoms with van der Waals surface area (Å²) >= 11 is 0. The first-order valence-corrected chi connectivity index (χ1v) is 7.32. The van der Waals surface area contributed by atoms with Crippen LogP contribution >= 0.6 is 0 Å². The van der Waals surface area contributed by atoms with Gasteiger partial charge in [0.05, 0.1) is 6.26 Å². The molecular weight excluding hydrogens is 254 g/mol. The van der Waals surface area contributed by atoms with E-state index in [1.54, 1.807) is 18.2 Å². The standard InChI is InChI=1S/C11H17N3O3S/c1-18(16,17)14-7-6-13-8-9-4-2-3-5-10(9)11(12)15/h2-5,13-14H,6-8H2,1H3,(H2,12,15). The van der Waals surface area contributed by atoms with Crippen LogP contribution in [0.15, 0.2) is 24.3 Å². The van der Waals surface area contributed by atoms with Gasteiger partial charge >= 0.3 is 0 Å². The lowest BCUT2D eigenvalue weighted by Gasteiger charge is -2.08. The average molecular weight is 271 g/mol. The molecule has 0 heterocycles. The Hall–Kier alpha value is -1.44. The molecule has 0 aliphatic carbocycles. The molecule has 1 amide bonds. The van der Waals surface area contributed by atoms with Crippen LogP contribution in [0.5, 0.6) is 0 Å². The number of hydrogen-bond acceptors (Lipinski definition) is 4. The Morgan fingerprint density at radius 3 is 2.56 bits per heavy atom. The predicted molar refractivity (Wildman–Crippen MR) is 69.5 cm³/mol. The molecule has 0 saturated carbocycles. The van der Waals surface area contributed by atoms with Crippen LogP contribution in [0.3, 0.4) is 0 Å². The number of benzene rings is 1. The number of nitrogens with one attached hydrogen (secondary N) is 2. The Morgan fingerprint density at radius 1 is 1.28 bits per heavy atom. The lowest BCUT2D eigenvalue weighted by molar-refractivity contribution is 0.0999. The smallest absolute Gasteiger partial charge is 0.249 e. The first kappa shape index (κ1) is 14.6. The Bertz CT molecular complexity index is 514. The van der Waals surface area contributed by atoms with Crippen LogP contribution in [0.25, 0.3) is 0 Å². The third-order valence-corrected chi connectivity index (χ3v) is 2.99. The lowest BCUT2D eigenvalue weighted by Crippen LogP contribution is -2.31. The Labute approximate surface area is 107 Å². The monoisotopic (exact) mass is 271 g/mol. The number of rotatable bonds is 7. The minimum atomic E-state index is -3.15. The van der Waals surface area contributed by atoms with Gasteiger partial charge in [0.1, 0.15) is 0 Å². The van der Waals surface area contributed by atoms with Crippen LogP contribution in [0.2, 0.25) is 0 Å². The van der Waals surface area contributed by atoms with Gasteiger partial charge in [0.15, 0.2) is 0 Å². The second-order valence-corrected chi connectivity index (χ2v) is 5.70. The van der Waals surface area contributed by atoms with Crippen molar-refractivity contribution in [1.82, 2.24) is 10.0 Å². The fourth-order valence-electron chi connectivity index (χ4n) is 1.46. The van der Waals surface area contributed by atoms with E-state index in [9.17, 15) is 13.2 Å². The molecule has 0 radical (unpaired) electrons. The summed E-state index contributed by atoms with van der Waals surface area (Å²) in [5, 5.41) is 3.03. The summed E-state index contributed by atoms with van der Waals surface area (Å²) in [5.41, 5.74) is 6.51. The van der Waals surface area contributed by atoms with Gasteiger partial charge in [-0.15, -0.1) is 0 Å². The van der Waals surface area contributed by atoms with Crippen LogP contribution in [-0.2, 0) is 16.6 Å². The van der Waals surface area contributed by atoms with Gasteiger partial charge in [-0.2, -0.15) is 0 Å². The number of carbonyl (C=O) groups excluding carboxylic acids is 1. The van der Waals surface area contributed by atoms with E-state index in [1.165, 1.54) is 0 Å². The third-order valence-electron chi connectivity index (χ3n) is 2.26. The number of primary amides is 1. The van der Waals surface area contributed by atoms with E-state index in [0.717, 1.165) is 11.8 Å². The van der Waals surface area contributed by atoms with Gasteiger partial charge < -0.3 is 11.1 Å². The van der Waals surface area contributed by atoms with Crippen molar-refractivity contribution < 1.29 is 13.2 Å². The fourth-order valence-corrected chi connectivity index (χ4v) is 1.94. The van der Waals surface area contributed by atoms with Crippen molar-refractivity contribution in [2.75, 3.05) is 19.3 Å². The van der Waals surface area contributed by atoms with Crippen molar-refractivity contribution in [1.29, 1.82) is 0 Å². The maximum absolute atomic E-state index is 11.1. The first-order chi connectivity index (χ1) is 8.40. The second-order valence-electron chi connectivity index (χ2n) is 3.86. The largest absolute Gasteiger partial charge is 0.366 e. The Balaban J connectivity index is 2.42. The summed E-state index contributed by atoms with van der Waals surface area (Å²) in [6.07, 6.45) is 1.11. The van der Waals surface area contributed by atoms with Crippen molar-refractivity contribution in [3.63, 3.8) is 0 Å². The van der Waals surface area contributed by atoms with Gasteiger partial charge in [0.25, 0.3) is 0 Å². The SMILES string of the molecule is CS(=O)(=O)NCCNCc1ccccc1C(N)=O. The van der Waals surface area contributed by atoms with Crippen molar-refractivity contribution in [2.24, 2.45) is 5.73 Å². The van der Waals surface area contributed by atoms with Gasteiger partial charge in [-0.3, -0.25) is 4.79 Å². The van der Waals surface area contributed by atoms with Crippen LogP contribution in [-0.4, -0.2) is 33.7 Å². The quantitative estimate of drug-likeness (QED) is 0.578. The molecule has 0 spiro atoms. The molecule has 0 fully saturated rings. The van der Waals surface area contributed by atoms with Crippen molar-refractivity contribution >= 4 is 15.9 Å². The average Bonchev–Trinajstić information content (AvgIpc) is 2.27. The minimum absolute atomic E-state index is 0.303. The lowest BCUT2D eigenvalue weighted by atomic mass is 10.1. The zero-order valence-corrected chi connectivity index (χ0v) is 11.0. The summed E-state index contributed by atoms with van der Waals surface area (Å²) in [5.74, 6) is -0.471. The molecule has 1 aromatic rings. The number of sulfonamides is 1. The highest BCUT2D eigenvalue weighted by Crippen LogP contribution is 2.07. The van der Waals surface area contributed by atoms with E-state index in [1.807, 2.05) is 6.07 Å². The number of nitrogens with two attached hydrogens (primary N) is 1.